The van der Waals surface area contributed by atoms with Gasteiger partial charge in [-0.3, -0.25) is 9.48 Å². The molecule has 0 saturated carbocycles. The van der Waals surface area contributed by atoms with Crippen LogP contribution in [-0.4, -0.2) is 33.8 Å². The molecule has 2 N–H and O–H groups in total. The summed E-state index contributed by atoms with van der Waals surface area (Å²) >= 11 is 1.63. The van der Waals surface area contributed by atoms with Crippen molar-refractivity contribution in [2.24, 2.45) is 13.0 Å². The number of nitrogens with zero attached hydrogens (tertiary/aromatic N) is 3. The van der Waals surface area contributed by atoms with E-state index >= 15 is 0 Å². The Morgan fingerprint density at radius 2 is 2.24 bits per heavy atom. The minimum absolute atomic E-state index is 0. The van der Waals surface area contributed by atoms with E-state index in [1.165, 1.54) is 0 Å². The third kappa shape index (κ3) is 3.68. The first kappa shape index (κ1) is 17.8. The summed E-state index contributed by atoms with van der Waals surface area (Å²) < 4.78 is 2.93. The Kier molecular flexibility index (Phi) is 5.36. The summed E-state index contributed by atoms with van der Waals surface area (Å²) in [5.74, 6) is 0.186. The van der Waals surface area contributed by atoms with Gasteiger partial charge < -0.3 is 10.6 Å². The lowest BCUT2D eigenvalue weighted by Crippen LogP contribution is -2.33. The molecule has 8 heteroatoms. The average molecular weight is 378 g/mol. The van der Waals surface area contributed by atoms with Crippen LogP contribution in [0.5, 0.6) is 0 Å². The molecule has 1 saturated heterocycles. The van der Waals surface area contributed by atoms with Crippen LogP contribution in [0.2, 0.25) is 0 Å². The standard InChI is InChI=1S/C17H19N5OS.ClH/c1-22-10-11(6-20-22)12-7-18-8-13(12)17(23)19-9-16-21-14-4-2-3-5-15(14)24-16;/h2-6,10,12-13,18H,7-9H2,1H3,(H,19,23);1H/t12-,13+;/m1./s1. The molecule has 132 valence electrons. The topological polar surface area (TPSA) is 71.8 Å². The van der Waals surface area contributed by atoms with Gasteiger partial charge in [-0.05, 0) is 17.7 Å². The molecule has 3 aromatic rings. The maximum absolute atomic E-state index is 12.6. The third-order valence-electron chi connectivity index (χ3n) is 4.46. The van der Waals surface area contributed by atoms with E-state index < -0.39 is 0 Å². The Bertz CT molecular complexity index is 844. The van der Waals surface area contributed by atoms with Gasteiger partial charge in [0.2, 0.25) is 5.91 Å². The number of fused-ring (bicyclic) bond motifs is 1. The maximum atomic E-state index is 12.6. The fourth-order valence-electron chi connectivity index (χ4n) is 3.23. The van der Waals surface area contributed by atoms with E-state index in [4.69, 9.17) is 0 Å². The molecule has 1 aliphatic rings. The van der Waals surface area contributed by atoms with Crippen LogP contribution in [0.3, 0.4) is 0 Å². The molecule has 2 aromatic heterocycles. The molecule has 0 aliphatic carbocycles. The molecule has 3 heterocycles. The molecule has 1 aliphatic heterocycles. The van der Waals surface area contributed by atoms with Crippen molar-refractivity contribution in [3.05, 3.63) is 47.2 Å². The monoisotopic (exact) mass is 377 g/mol. The van der Waals surface area contributed by atoms with Crippen LogP contribution in [-0.2, 0) is 18.4 Å². The molecule has 4 rings (SSSR count). The number of benzene rings is 1. The first-order valence-corrected chi connectivity index (χ1v) is 8.84. The minimum Gasteiger partial charge on any atom is -0.349 e. The highest BCUT2D eigenvalue weighted by molar-refractivity contribution is 7.18. The van der Waals surface area contributed by atoms with E-state index in [2.05, 4.69) is 26.8 Å². The van der Waals surface area contributed by atoms with Gasteiger partial charge in [-0.15, -0.1) is 23.7 Å². The van der Waals surface area contributed by atoms with Gasteiger partial charge in [-0.2, -0.15) is 5.10 Å². The van der Waals surface area contributed by atoms with Crippen LogP contribution in [0.1, 0.15) is 16.5 Å². The number of amides is 1. The van der Waals surface area contributed by atoms with Crippen molar-refractivity contribution in [2.45, 2.75) is 12.5 Å². The number of nitrogens with one attached hydrogen (secondary N) is 2. The van der Waals surface area contributed by atoms with Gasteiger partial charge in [0.1, 0.15) is 5.01 Å². The fourth-order valence-corrected chi connectivity index (χ4v) is 4.13. The van der Waals surface area contributed by atoms with E-state index in [1.54, 1.807) is 16.0 Å². The van der Waals surface area contributed by atoms with E-state index in [1.807, 2.05) is 37.6 Å². The number of carbonyl (C=O) groups excluding carboxylic acids is 1. The van der Waals surface area contributed by atoms with Gasteiger partial charge in [0.05, 0.1) is 28.9 Å². The molecule has 25 heavy (non-hydrogen) atoms. The molecular formula is C17H20ClN5OS. The number of aromatic nitrogens is 3. The summed E-state index contributed by atoms with van der Waals surface area (Å²) in [5, 5.41) is 11.5. The first-order chi connectivity index (χ1) is 11.7. The second-order valence-corrected chi connectivity index (χ2v) is 7.23. The molecule has 1 aromatic carbocycles. The Labute approximate surface area is 156 Å². The summed E-state index contributed by atoms with van der Waals surface area (Å²) in [6.45, 7) is 1.99. The molecule has 1 fully saturated rings. The predicted octanol–water partition coefficient (Wildman–Crippen LogP) is 2.07. The Morgan fingerprint density at radius 1 is 1.40 bits per heavy atom. The summed E-state index contributed by atoms with van der Waals surface area (Å²) in [7, 11) is 1.90. The average Bonchev–Trinajstić information content (AvgIpc) is 3.30. The SMILES string of the molecule is Cl.Cn1cc([C@H]2CNC[C@@H]2C(=O)NCc2nc3ccccc3s2)cn1. The van der Waals surface area contributed by atoms with E-state index in [0.717, 1.165) is 27.3 Å². The number of halogens is 1. The molecule has 0 unspecified atom stereocenters. The molecule has 0 radical (unpaired) electrons. The van der Waals surface area contributed by atoms with E-state index in [0.29, 0.717) is 13.1 Å². The number of thiazole rings is 1. The zero-order valence-electron chi connectivity index (χ0n) is 13.8. The summed E-state index contributed by atoms with van der Waals surface area (Å²) in [5.41, 5.74) is 2.10. The van der Waals surface area contributed by atoms with Crippen LogP contribution < -0.4 is 10.6 Å². The quantitative estimate of drug-likeness (QED) is 0.730. The van der Waals surface area contributed by atoms with Gasteiger partial charge in [-0.1, -0.05) is 12.1 Å². The lowest BCUT2D eigenvalue weighted by atomic mass is 9.90. The van der Waals surface area contributed by atoms with Crippen LogP contribution in [0.15, 0.2) is 36.7 Å². The predicted molar refractivity (Wildman–Crippen MR) is 101 cm³/mol. The van der Waals surface area contributed by atoms with Crippen molar-refractivity contribution >= 4 is 39.9 Å². The first-order valence-electron chi connectivity index (χ1n) is 8.02. The number of carbonyl (C=O) groups is 1. The number of para-hydroxylation sites is 1. The molecule has 0 spiro atoms. The van der Waals surface area contributed by atoms with Crippen LogP contribution in [0.4, 0.5) is 0 Å². The number of rotatable bonds is 4. The molecular weight excluding hydrogens is 358 g/mol. The van der Waals surface area contributed by atoms with Crippen molar-refractivity contribution in [1.29, 1.82) is 0 Å². The smallest absolute Gasteiger partial charge is 0.225 e. The van der Waals surface area contributed by atoms with Crippen LogP contribution in [0.25, 0.3) is 10.2 Å². The van der Waals surface area contributed by atoms with E-state index in [-0.39, 0.29) is 30.2 Å². The lowest BCUT2D eigenvalue weighted by molar-refractivity contribution is -0.125. The lowest BCUT2D eigenvalue weighted by Gasteiger charge is -2.16. The van der Waals surface area contributed by atoms with Crippen molar-refractivity contribution < 1.29 is 4.79 Å². The van der Waals surface area contributed by atoms with Gasteiger partial charge in [0, 0.05) is 32.3 Å². The van der Waals surface area contributed by atoms with Gasteiger partial charge >= 0.3 is 0 Å². The Hall–Kier alpha value is -1.96. The van der Waals surface area contributed by atoms with Gasteiger partial charge in [0.25, 0.3) is 0 Å². The zero-order valence-corrected chi connectivity index (χ0v) is 15.4. The highest BCUT2D eigenvalue weighted by Gasteiger charge is 2.34. The third-order valence-corrected chi connectivity index (χ3v) is 5.49. The zero-order chi connectivity index (χ0) is 16.5. The molecule has 6 nitrogen and oxygen atoms in total. The van der Waals surface area contributed by atoms with Crippen LogP contribution >= 0.6 is 23.7 Å². The second-order valence-electron chi connectivity index (χ2n) is 6.11. The van der Waals surface area contributed by atoms with Crippen LogP contribution in [0, 0.1) is 5.92 Å². The Balaban J connectivity index is 0.00000182. The van der Waals surface area contributed by atoms with E-state index in [9.17, 15) is 4.79 Å². The largest absolute Gasteiger partial charge is 0.349 e. The highest BCUT2D eigenvalue weighted by atomic mass is 35.5. The molecule has 0 bridgehead atoms. The Morgan fingerprint density at radius 3 is 3.00 bits per heavy atom. The number of aryl methyl sites for hydroxylation is 1. The second kappa shape index (κ2) is 7.51. The summed E-state index contributed by atoms with van der Waals surface area (Å²) in [4.78, 5) is 17.2. The van der Waals surface area contributed by atoms with Gasteiger partial charge in [-0.25, -0.2) is 4.98 Å². The minimum atomic E-state index is -0.0661. The molecule has 1 amide bonds. The number of hydrogen-bond donors (Lipinski definition) is 2. The normalized spacial score (nSPS) is 19.7. The molecule has 2 atom stereocenters. The van der Waals surface area contributed by atoms with Crippen molar-refractivity contribution in [2.75, 3.05) is 13.1 Å². The van der Waals surface area contributed by atoms with Crippen molar-refractivity contribution in [3.8, 4) is 0 Å². The van der Waals surface area contributed by atoms with Crippen molar-refractivity contribution in [1.82, 2.24) is 25.4 Å². The van der Waals surface area contributed by atoms with Crippen molar-refractivity contribution in [3.63, 3.8) is 0 Å². The maximum Gasteiger partial charge on any atom is 0.225 e. The highest BCUT2D eigenvalue weighted by Crippen LogP contribution is 2.28. The summed E-state index contributed by atoms with van der Waals surface area (Å²) in [6, 6.07) is 8.03. The summed E-state index contributed by atoms with van der Waals surface area (Å²) in [6.07, 6.45) is 3.84. The van der Waals surface area contributed by atoms with Gasteiger partial charge in [0.15, 0.2) is 0 Å². The number of hydrogen-bond acceptors (Lipinski definition) is 5. The fraction of sp³-hybridized carbons (Fsp3) is 0.353.